The number of hydrogen-bond donors (Lipinski definition) is 3. The summed E-state index contributed by atoms with van der Waals surface area (Å²) in [5.74, 6) is -1.92. The molecule has 0 saturated carbocycles. The molecule has 1 heterocycles. The van der Waals surface area contributed by atoms with Gasteiger partial charge in [0.25, 0.3) is 5.91 Å². The van der Waals surface area contributed by atoms with Gasteiger partial charge in [-0.25, -0.2) is 23.2 Å². The van der Waals surface area contributed by atoms with Gasteiger partial charge >= 0.3 is 5.97 Å². The van der Waals surface area contributed by atoms with E-state index in [1.165, 1.54) is 19.1 Å². The highest BCUT2D eigenvalue weighted by atomic mass is 32.2. The number of benzene rings is 1. The number of sulfone groups is 1. The van der Waals surface area contributed by atoms with E-state index in [1.807, 2.05) is 19.9 Å². The molecule has 10 heteroatoms. The summed E-state index contributed by atoms with van der Waals surface area (Å²) in [6.45, 7) is 5.17. The second-order valence-electron chi connectivity index (χ2n) is 6.57. The maximum absolute atomic E-state index is 12.5. The van der Waals surface area contributed by atoms with Crippen molar-refractivity contribution in [1.82, 2.24) is 15.3 Å². The summed E-state index contributed by atoms with van der Waals surface area (Å²) < 4.78 is 23.2. The van der Waals surface area contributed by atoms with Gasteiger partial charge in [0.15, 0.2) is 0 Å². The van der Waals surface area contributed by atoms with Gasteiger partial charge in [0.1, 0.15) is 15.9 Å². The van der Waals surface area contributed by atoms with Gasteiger partial charge in [-0.3, -0.25) is 4.79 Å². The summed E-state index contributed by atoms with van der Waals surface area (Å²) in [6, 6.07) is 6.96. The van der Waals surface area contributed by atoms with Crippen LogP contribution in [0.3, 0.4) is 0 Å². The first kappa shape index (κ1) is 22.3. The Morgan fingerprint density at radius 1 is 1.14 bits per heavy atom. The molecule has 1 aromatic heterocycles. The summed E-state index contributed by atoms with van der Waals surface area (Å²) in [6.07, 6.45) is -0.203. The average molecular weight is 420 g/mol. The van der Waals surface area contributed by atoms with Crippen LogP contribution in [-0.2, 0) is 14.6 Å². The Labute approximate surface area is 169 Å². The smallest absolute Gasteiger partial charge is 0.326 e. The molecule has 0 aliphatic rings. The lowest BCUT2D eigenvalue weighted by Gasteiger charge is -2.15. The van der Waals surface area contributed by atoms with Crippen molar-refractivity contribution in [2.75, 3.05) is 16.8 Å². The number of nitrogens with one attached hydrogen (secondary N) is 2. The highest BCUT2D eigenvalue weighted by Crippen LogP contribution is 2.16. The molecule has 0 radical (unpaired) electrons. The summed E-state index contributed by atoms with van der Waals surface area (Å²) in [5.41, 5.74) is 2.37. The first-order chi connectivity index (χ1) is 13.6. The lowest BCUT2D eigenvalue weighted by molar-refractivity contribution is -0.139. The number of aryl methyl sites for hydroxylation is 2. The number of rotatable bonds is 9. The molecule has 29 heavy (non-hydrogen) atoms. The number of carboxylic acids is 1. The number of carbonyl (C=O) groups is 2. The molecular weight excluding hydrogens is 396 g/mol. The number of hydrogen-bond acceptors (Lipinski definition) is 7. The normalized spacial score (nSPS) is 12.2. The maximum Gasteiger partial charge on any atom is 0.326 e. The van der Waals surface area contributed by atoms with Crippen molar-refractivity contribution in [3.63, 3.8) is 0 Å². The van der Waals surface area contributed by atoms with E-state index in [0.29, 0.717) is 11.6 Å². The Morgan fingerprint density at radius 2 is 1.79 bits per heavy atom. The molecule has 0 bridgehead atoms. The predicted octanol–water partition coefficient (Wildman–Crippen LogP) is 1.84. The van der Waals surface area contributed by atoms with Gasteiger partial charge in [0, 0.05) is 28.4 Å². The largest absolute Gasteiger partial charge is 0.480 e. The summed E-state index contributed by atoms with van der Waals surface area (Å²) >= 11 is 0. The first-order valence-corrected chi connectivity index (χ1v) is 10.8. The van der Waals surface area contributed by atoms with Crippen LogP contribution in [-0.4, -0.2) is 52.9 Å². The maximum atomic E-state index is 12.5. The molecule has 156 valence electrons. The van der Waals surface area contributed by atoms with E-state index in [9.17, 15) is 23.1 Å². The van der Waals surface area contributed by atoms with Crippen LogP contribution in [0.1, 0.15) is 35.1 Å². The SMILES string of the molecule is CCS(=O)(=O)CCC(NC(=O)c1cccc(Nc2nc(C)cc(C)n2)c1)C(=O)O. The fourth-order valence-electron chi connectivity index (χ4n) is 2.59. The Balaban J connectivity index is 2.11. The Bertz CT molecular complexity index is 987. The Hall–Kier alpha value is -3.01. The van der Waals surface area contributed by atoms with Gasteiger partial charge in [0.05, 0.1) is 5.75 Å². The van der Waals surface area contributed by atoms with Gasteiger partial charge in [-0.05, 0) is 44.5 Å². The number of carboxylic acid groups (broad SMARTS) is 1. The fourth-order valence-corrected chi connectivity index (χ4v) is 3.47. The topological polar surface area (TPSA) is 138 Å². The number of anilines is 2. The molecule has 1 atom stereocenters. The van der Waals surface area contributed by atoms with E-state index in [1.54, 1.807) is 12.1 Å². The number of nitrogens with zero attached hydrogens (tertiary/aromatic N) is 2. The van der Waals surface area contributed by atoms with Crippen LogP contribution in [0.25, 0.3) is 0 Å². The van der Waals surface area contributed by atoms with Crippen molar-refractivity contribution in [3.05, 3.63) is 47.3 Å². The minimum atomic E-state index is -3.34. The number of aliphatic carboxylic acids is 1. The molecule has 0 aliphatic heterocycles. The Kier molecular flexibility index (Phi) is 7.27. The molecule has 1 amide bonds. The number of carbonyl (C=O) groups excluding carboxylic acids is 1. The van der Waals surface area contributed by atoms with Crippen LogP contribution >= 0.6 is 0 Å². The molecule has 0 fully saturated rings. The first-order valence-electron chi connectivity index (χ1n) is 9.03. The van der Waals surface area contributed by atoms with Crippen molar-refractivity contribution in [2.45, 2.75) is 33.2 Å². The van der Waals surface area contributed by atoms with Crippen molar-refractivity contribution in [2.24, 2.45) is 0 Å². The second-order valence-corrected chi connectivity index (χ2v) is 9.04. The number of aromatic nitrogens is 2. The zero-order valence-electron chi connectivity index (χ0n) is 16.5. The van der Waals surface area contributed by atoms with Crippen molar-refractivity contribution in [3.8, 4) is 0 Å². The van der Waals surface area contributed by atoms with E-state index < -0.39 is 27.8 Å². The third kappa shape index (κ3) is 6.83. The van der Waals surface area contributed by atoms with E-state index in [4.69, 9.17) is 0 Å². The van der Waals surface area contributed by atoms with E-state index in [0.717, 1.165) is 11.4 Å². The summed E-state index contributed by atoms with van der Waals surface area (Å²) in [4.78, 5) is 32.4. The standard InChI is InChI=1S/C19H24N4O5S/c1-4-29(27,28)9-8-16(18(25)26)23-17(24)14-6-5-7-15(11-14)22-19-20-12(2)10-13(3)21-19/h5-7,10-11,16H,4,8-9H2,1-3H3,(H,23,24)(H,25,26)(H,20,21,22). The van der Waals surface area contributed by atoms with Crippen LogP contribution in [0, 0.1) is 13.8 Å². The monoisotopic (exact) mass is 420 g/mol. The third-order valence-electron chi connectivity index (χ3n) is 4.12. The van der Waals surface area contributed by atoms with Crippen LogP contribution in [0.2, 0.25) is 0 Å². The quantitative estimate of drug-likeness (QED) is 0.559. The van der Waals surface area contributed by atoms with Gasteiger partial charge < -0.3 is 15.7 Å². The van der Waals surface area contributed by atoms with E-state index in [2.05, 4.69) is 20.6 Å². The van der Waals surface area contributed by atoms with Crippen LogP contribution in [0.15, 0.2) is 30.3 Å². The van der Waals surface area contributed by atoms with Gasteiger partial charge in [-0.2, -0.15) is 0 Å². The minimum Gasteiger partial charge on any atom is -0.480 e. The fraction of sp³-hybridized carbons (Fsp3) is 0.368. The zero-order valence-corrected chi connectivity index (χ0v) is 17.3. The predicted molar refractivity (Wildman–Crippen MR) is 109 cm³/mol. The molecular formula is C19H24N4O5S. The summed E-state index contributed by atoms with van der Waals surface area (Å²) in [7, 11) is -3.34. The lowest BCUT2D eigenvalue weighted by Crippen LogP contribution is -2.42. The molecule has 3 N–H and O–H groups in total. The lowest BCUT2D eigenvalue weighted by atomic mass is 10.1. The van der Waals surface area contributed by atoms with Crippen LogP contribution in [0.4, 0.5) is 11.6 Å². The Morgan fingerprint density at radius 3 is 2.38 bits per heavy atom. The molecule has 1 unspecified atom stereocenters. The van der Waals surface area contributed by atoms with E-state index >= 15 is 0 Å². The third-order valence-corrected chi connectivity index (χ3v) is 5.86. The highest BCUT2D eigenvalue weighted by Gasteiger charge is 2.23. The van der Waals surface area contributed by atoms with Gasteiger partial charge in [-0.1, -0.05) is 13.0 Å². The van der Waals surface area contributed by atoms with Crippen LogP contribution < -0.4 is 10.6 Å². The minimum absolute atomic E-state index is 0.0818. The molecule has 0 spiro atoms. The molecule has 0 aliphatic carbocycles. The zero-order chi connectivity index (χ0) is 21.6. The molecule has 2 aromatic rings. The van der Waals surface area contributed by atoms with E-state index in [-0.39, 0.29) is 23.5 Å². The molecule has 9 nitrogen and oxygen atoms in total. The van der Waals surface area contributed by atoms with Gasteiger partial charge in [-0.15, -0.1) is 0 Å². The summed E-state index contributed by atoms with van der Waals surface area (Å²) in [5, 5.41) is 14.7. The molecule has 1 aromatic carbocycles. The van der Waals surface area contributed by atoms with Crippen molar-refractivity contribution >= 4 is 33.3 Å². The van der Waals surface area contributed by atoms with Crippen LogP contribution in [0.5, 0.6) is 0 Å². The molecule has 0 saturated heterocycles. The number of amides is 1. The highest BCUT2D eigenvalue weighted by molar-refractivity contribution is 7.91. The van der Waals surface area contributed by atoms with Crippen molar-refractivity contribution in [1.29, 1.82) is 0 Å². The average Bonchev–Trinajstić information content (AvgIpc) is 2.64. The van der Waals surface area contributed by atoms with Crippen molar-refractivity contribution < 1.29 is 23.1 Å². The van der Waals surface area contributed by atoms with Gasteiger partial charge in [0.2, 0.25) is 5.95 Å². The molecule has 2 rings (SSSR count). The second kappa shape index (κ2) is 9.46.